The van der Waals surface area contributed by atoms with Crippen molar-refractivity contribution in [1.29, 1.82) is 0 Å². The average Bonchev–Trinajstić information content (AvgIpc) is 3.26. The summed E-state index contributed by atoms with van der Waals surface area (Å²) in [5.41, 5.74) is 3.03. The Labute approximate surface area is 342 Å². The molecule has 0 radical (unpaired) electrons. The molecule has 6 aromatic rings. The van der Waals surface area contributed by atoms with E-state index in [9.17, 15) is 14.4 Å². The maximum Gasteiger partial charge on any atom is 0.331 e. The first-order valence-corrected chi connectivity index (χ1v) is 21.4. The van der Waals surface area contributed by atoms with Gasteiger partial charge in [-0.15, -0.1) is 0 Å². The number of benzene rings is 6. The molecule has 8 nitrogen and oxygen atoms in total. The van der Waals surface area contributed by atoms with E-state index in [1.807, 2.05) is 127 Å². The molecule has 2 atom stereocenters. The summed E-state index contributed by atoms with van der Waals surface area (Å²) >= 11 is 0. The molecule has 9 heteroatoms. The van der Waals surface area contributed by atoms with E-state index in [1.54, 1.807) is 24.3 Å². The standard InChI is InChI=1S/C49H50N2O6Si/c1-49(2,3)58(42-25-15-7-16-26-42,43-27-17-8-18-28-43)57-36-45(48(54)56-35-39-21-11-5-12-22-39)51-47(53)44(50-46(52)40-23-13-6-14-24-40)33-37-29-31-41(32-30-37)55-34-38-19-9-4-10-20-38/h4-32,44-45H,33-36H2,1-3H3,(H,50,52)(H,51,53)/t44-,45-/m0/s1. The molecule has 0 spiro atoms. The summed E-state index contributed by atoms with van der Waals surface area (Å²) in [5, 5.41) is 7.55. The number of nitrogens with one attached hydrogen (secondary N) is 2. The van der Waals surface area contributed by atoms with Crippen LogP contribution >= 0.6 is 0 Å². The van der Waals surface area contributed by atoms with Crippen LogP contribution in [0.2, 0.25) is 5.04 Å². The molecule has 0 aliphatic rings. The molecule has 0 unspecified atom stereocenters. The van der Waals surface area contributed by atoms with Crippen molar-refractivity contribution < 1.29 is 28.3 Å². The van der Waals surface area contributed by atoms with Crippen LogP contribution in [0.5, 0.6) is 5.75 Å². The highest BCUT2D eigenvalue weighted by Gasteiger charge is 2.51. The Balaban J connectivity index is 1.28. The number of carbonyl (C=O) groups is 3. The number of ether oxygens (including phenoxy) is 2. The van der Waals surface area contributed by atoms with Gasteiger partial charge in [0.2, 0.25) is 5.91 Å². The lowest BCUT2D eigenvalue weighted by Crippen LogP contribution is -2.68. The van der Waals surface area contributed by atoms with Crippen LogP contribution in [0, 0.1) is 0 Å². The Morgan fingerprint density at radius 3 is 1.55 bits per heavy atom. The molecule has 6 aromatic carbocycles. The van der Waals surface area contributed by atoms with Crippen molar-refractivity contribution in [1.82, 2.24) is 10.6 Å². The van der Waals surface area contributed by atoms with E-state index in [0.717, 1.165) is 27.1 Å². The highest BCUT2D eigenvalue weighted by Crippen LogP contribution is 2.37. The normalized spacial score (nSPS) is 12.5. The van der Waals surface area contributed by atoms with Gasteiger partial charge in [-0.3, -0.25) is 9.59 Å². The third-order valence-corrected chi connectivity index (χ3v) is 15.0. The van der Waals surface area contributed by atoms with Crippen LogP contribution in [0.4, 0.5) is 0 Å². The van der Waals surface area contributed by atoms with Gasteiger partial charge in [0.05, 0.1) is 6.61 Å². The van der Waals surface area contributed by atoms with Crippen LogP contribution in [0.15, 0.2) is 176 Å². The molecule has 2 N–H and O–H groups in total. The molecule has 0 saturated carbocycles. The van der Waals surface area contributed by atoms with Crippen LogP contribution < -0.4 is 25.7 Å². The molecule has 296 valence electrons. The minimum Gasteiger partial charge on any atom is -0.489 e. The van der Waals surface area contributed by atoms with Gasteiger partial charge in [-0.05, 0) is 56.4 Å². The number of amides is 2. The minimum absolute atomic E-state index is 0.0120. The summed E-state index contributed by atoms with van der Waals surface area (Å²) in [4.78, 5) is 42.2. The van der Waals surface area contributed by atoms with E-state index in [4.69, 9.17) is 13.9 Å². The van der Waals surface area contributed by atoms with Crippen molar-refractivity contribution in [3.8, 4) is 5.75 Å². The van der Waals surface area contributed by atoms with E-state index in [-0.39, 0.29) is 24.7 Å². The second-order valence-electron chi connectivity index (χ2n) is 15.1. The van der Waals surface area contributed by atoms with E-state index in [0.29, 0.717) is 17.9 Å². The molecule has 0 aliphatic heterocycles. The fourth-order valence-electron chi connectivity index (χ4n) is 6.98. The Morgan fingerprint density at radius 1 is 0.552 bits per heavy atom. The second kappa shape index (κ2) is 19.7. The minimum atomic E-state index is -3.13. The Bertz CT molecular complexity index is 2160. The second-order valence-corrected chi connectivity index (χ2v) is 19.4. The number of rotatable bonds is 17. The molecule has 0 aliphatic carbocycles. The predicted molar refractivity (Wildman–Crippen MR) is 230 cm³/mol. The van der Waals surface area contributed by atoms with Gasteiger partial charge >= 0.3 is 5.97 Å². The topological polar surface area (TPSA) is 103 Å². The van der Waals surface area contributed by atoms with Crippen LogP contribution in [0.3, 0.4) is 0 Å². The molecule has 0 bridgehead atoms. The third kappa shape index (κ3) is 10.8. The summed E-state index contributed by atoms with van der Waals surface area (Å²) in [6.45, 7) is 6.70. The van der Waals surface area contributed by atoms with Crippen molar-refractivity contribution in [2.45, 2.75) is 57.5 Å². The van der Waals surface area contributed by atoms with E-state index in [2.05, 4.69) is 55.7 Å². The zero-order valence-electron chi connectivity index (χ0n) is 33.2. The first kappa shape index (κ1) is 41.3. The molecule has 2 amide bonds. The summed E-state index contributed by atoms with van der Waals surface area (Å²) in [5.74, 6) is -0.955. The summed E-state index contributed by atoms with van der Waals surface area (Å²) in [7, 11) is -3.13. The molecule has 0 aromatic heterocycles. The Kier molecular flexibility index (Phi) is 14.1. The fraction of sp³-hybridized carbons (Fsp3) is 0.204. The summed E-state index contributed by atoms with van der Waals surface area (Å²) in [6.07, 6.45) is 0.144. The lowest BCUT2D eigenvalue weighted by molar-refractivity contribution is -0.150. The maximum atomic E-state index is 14.5. The van der Waals surface area contributed by atoms with Gasteiger partial charge in [-0.1, -0.05) is 172 Å². The maximum absolute atomic E-state index is 14.5. The smallest absolute Gasteiger partial charge is 0.331 e. The van der Waals surface area contributed by atoms with Gasteiger partial charge in [-0.25, -0.2) is 4.79 Å². The monoisotopic (exact) mass is 790 g/mol. The van der Waals surface area contributed by atoms with Crippen molar-refractivity contribution in [3.05, 3.63) is 198 Å². The average molecular weight is 791 g/mol. The van der Waals surface area contributed by atoms with Gasteiger partial charge in [-0.2, -0.15) is 0 Å². The van der Waals surface area contributed by atoms with Gasteiger partial charge in [0.25, 0.3) is 14.2 Å². The molecule has 0 saturated heterocycles. The highest BCUT2D eigenvalue weighted by molar-refractivity contribution is 6.99. The zero-order chi connectivity index (χ0) is 40.8. The van der Waals surface area contributed by atoms with E-state index in [1.165, 1.54) is 0 Å². The number of carbonyl (C=O) groups excluding carboxylic acids is 3. The molecular weight excluding hydrogens is 741 g/mol. The van der Waals surface area contributed by atoms with Crippen LogP contribution in [-0.2, 0) is 38.4 Å². The molecule has 0 fully saturated rings. The third-order valence-electron chi connectivity index (χ3n) is 9.98. The lowest BCUT2D eigenvalue weighted by Gasteiger charge is -2.43. The summed E-state index contributed by atoms with van der Waals surface area (Å²) in [6, 6.07) is 53.3. The van der Waals surface area contributed by atoms with Crippen LogP contribution in [0.25, 0.3) is 0 Å². The van der Waals surface area contributed by atoms with Gasteiger partial charge < -0.3 is 24.5 Å². The Hall–Kier alpha value is -6.29. The zero-order valence-corrected chi connectivity index (χ0v) is 34.2. The number of hydrogen-bond donors (Lipinski definition) is 2. The Morgan fingerprint density at radius 2 is 1.03 bits per heavy atom. The van der Waals surface area contributed by atoms with Gasteiger partial charge in [0.1, 0.15) is 31.0 Å². The van der Waals surface area contributed by atoms with Crippen molar-refractivity contribution >= 4 is 36.5 Å². The molecule has 0 heterocycles. The molecular formula is C49H50N2O6Si. The highest BCUT2D eigenvalue weighted by atomic mass is 28.4. The lowest BCUT2D eigenvalue weighted by atomic mass is 10.0. The van der Waals surface area contributed by atoms with Gasteiger partial charge in [0.15, 0.2) is 0 Å². The molecule has 6 rings (SSSR count). The van der Waals surface area contributed by atoms with Crippen molar-refractivity contribution in [3.63, 3.8) is 0 Å². The largest absolute Gasteiger partial charge is 0.489 e. The van der Waals surface area contributed by atoms with Crippen molar-refractivity contribution in [2.24, 2.45) is 0 Å². The van der Waals surface area contributed by atoms with Crippen LogP contribution in [0.1, 0.15) is 47.8 Å². The SMILES string of the molecule is CC(C)(C)[Si](OC[C@H](NC(=O)[C@H](Cc1ccc(OCc2ccccc2)cc1)NC(=O)c1ccccc1)C(=O)OCc1ccccc1)(c1ccccc1)c1ccccc1. The van der Waals surface area contributed by atoms with Crippen LogP contribution in [-0.4, -0.2) is 44.8 Å². The van der Waals surface area contributed by atoms with Gasteiger partial charge in [0, 0.05) is 12.0 Å². The van der Waals surface area contributed by atoms with Crippen molar-refractivity contribution in [2.75, 3.05) is 6.61 Å². The van der Waals surface area contributed by atoms with E-state index < -0.39 is 38.2 Å². The number of hydrogen-bond acceptors (Lipinski definition) is 6. The quantitative estimate of drug-likeness (QED) is 0.0738. The van der Waals surface area contributed by atoms with E-state index >= 15 is 0 Å². The first-order valence-electron chi connectivity index (χ1n) is 19.5. The fourth-order valence-corrected chi connectivity index (χ4v) is 11.6. The number of esters is 1. The first-order chi connectivity index (χ1) is 28.1. The molecule has 58 heavy (non-hydrogen) atoms. The summed E-state index contributed by atoms with van der Waals surface area (Å²) < 4.78 is 19.0. The predicted octanol–water partition coefficient (Wildman–Crippen LogP) is 7.41.